The summed E-state index contributed by atoms with van der Waals surface area (Å²) >= 11 is 5.92. The zero-order valence-electron chi connectivity index (χ0n) is 11.1. The maximum Gasteiger partial charge on any atom is 0.342 e. The maximum absolute atomic E-state index is 11.5. The first-order valence-corrected chi connectivity index (χ1v) is 6.43. The van der Waals surface area contributed by atoms with E-state index in [4.69, 9.17) is 11.6 Å². The molecule has 22 heavy (non-hydrogen) atoms. The van der Waals surface area contributed by atoms with Crippen LogP contribution in [0.5, 0.6) is 0 Å². The highest BCUT2D eigenvalue weighted by atomic mass is 35.5. The van der Waals surface area contributed by atoms with E-state index < -0.39 is 17.2 Å². The zero-order chi connectivity index (χ0) is 15.9. The minimum atomic E-state index is -0.732. The summed E-state index contributed by atoms with van der Waals surface area (Å²) in [5, 5.41) is 12.2. The third-order valence-corrected chi connectivity index (χ3v) is 2.77. The van der Waals surface area contributed by atoms with Crippen molar-refractivity contribution in [3.05, 3.63) is 55.7 Å². The molecule has 2 rings (SSSR count). The number of halogens is 1. The molecule has 0 aliphatic carbocycles. The van der Waals surface area contributed by atoms with Crippen LogP contribution in [0.1, 0.15) is 5.56 Å². The number of hydrogen-bond acceptors (Lipinski definition) is 6. The van der Waals surface area contributed by atoms with Gasteiger partial charge in [0.05, 0.1) is 12.8 Å². The number of carbonyl (C=O) groups excluding carboxylic acids is 1. The second-order valence-electron chi connectivity index (χ2n) is 4.02. The van der Waals surface area contributed by atoms with Gasteiger partial charge in [-0.05, 0) is 6.07 Å². The highest BCUT2D eigenvalue weighted by Crippen LogP contribution is 2.11. The van der Waals surface area contributed by atoms with Crippen LogP contribution in [-0.2, 0) is 4.79 Å². The largest absolute Gasteiger partial charge is 0.355 e. The summed E-state index contributed by atoms with van der Waals surface area (Å²) in [7, 11) is 0. The van der Waals surface area contributed by atoms with Crippen molar-refractivity contribution in [3.63, 3.8) is 0 Å². The smallest absolute Gasteiger partial charge is 0.342 e. The van der Waals surface area contributed by atoms with Gasteiger partial charge >= 0.3 is 5.69 Å². The van der Waals surface area contributed by atoms with Crippen molar-refractivity contribution in [1.29, 1.82) is 0 Å². The van der Waals surface area contributed by atoms with Crippen LogP contribution in [-0.4, -0.2) is 33.8 Å². The van der Waals surface area contributed by atoms with E-state index >= 15 is 0 Å². The molecule has 9 nitrogen and oxygen atoms in total. The topological polar surface area (TPSA) is 132 Å². The lowest BCUT2D eigenvalue weighted by Gasteiger charge is -2.02. The number of H-pyrrole nitrogens is 2. The summed E-state index contributed by atoms with van der Waals surface area (Å²) < 4.78 is 0. The van der Waals surface area contributed by atoms with E-state index in [2.05, 4.69) is 20.9 Å². The zero-order valence-corrected chi connectivity index (χ0v) is 11.8. The van der Waals surface area contributed by atoms with Gasteiger partial charge in [-0.15, -0.1) is 5.10 Å². The number of amides is 1. The lowest BCUT2D eigenvalue weighted by Crippen LogP contribution is -2.31. The van der Waals surface area contributed by atoms with Crippen molar-refractivity contribution in [1.82, 2.24) is 20.6 Å². The fourth-order valence-corrected chi connectivity index (χ4v) is 1.61. The minimum absolute atomic E-state index is 0.176. The number of nitrogens with zero attached hydrogens (tertiary/aromatic N) is 2. The monoisotopic (exact) mass is 322 g/mol. The van der Waals surface area contributed by atoms with E-state index in [1.165, 1.54) is 6.21 Å². The molecule has 0 atom stereocenters. The van der Waals surface area contributed by atoms with Crippen molar-refractivity contribution in [3.8, 4) is 0 Å². The molecular weight excluding hydrogens is 312 g/mol. The first-order valence-electron chi connectivity index (χ1n) is 6.05. The van der Waals surface area contributed by atoms with E-state index in [1.807, 2.05) is 10.1 Å². The van der Waals surface area contributed by atoms with Crippen LogP contribution >= 0.6 is 11.6 Å². The highest BCUT2D eigenvalue weighted by molar-refractivity contribution is 6.33. The minimum Gasteiger partial charge on any atom is -0.355 e. The molecule has 0 spiro atoms. The molecule has 0 radical (unpaired) electrons. The third-order valence-electron chi connectivity index (χ3n) is 2.43. The van der Waals surface area contributed by atoms with Crippen molar-refractivity contribution in [2.24, 2.45) is 5.10 Å². The van der Waals surface area contributed by atoms with Crippen LogP contribution in [0.25, 0.3) is 0 Å². The van der Waals surface area contributed by atoms with E-state index in [0.29, 0.717) is 10.6 Å². The molecule has 0 bridgehead atoms. The second-order valence-corrected chi connectivity index (χ2v) is 4.43. The molecule has 0 fully saturated rings. The Morgan fingerprint density at radius 1 is 1.36 bits per heavy atom. The Bertz CT molecular complexity index is 813. The summed E-state index contributed by atoms with van der Waals surface area (Å²) in [4.78, 5) is 35.6. The van der Waals surface area contributed by atoms with Gasteiger partial charge in [0.25, 0.3) is 11.5 Å². The van der Waals surface area contributed by atoms with Gasteiger partial charge in [-0.1, -0.05) is 29.8 Å². The van der Waals surface area contributed by atoms with Gasteiger partial charge < -0.3 is 5.32 Å². The molecule has 1 aromatic carbocycles. The SMILES string of the molecule is O=C(CNc1n[nH]c(=O)[nH]c1=O)NN=Cc1ccccc1Cl. The molecular formula is C12H11ClN6O3. The van der Waals surface area contributed by atoms with Gasteiger partial charge in [0, 0.05) is 10.6 Å². The van der Waals surface area contributed by atoms with Crippen molar-refractivity contribution >= 4 is 29.5 Å². The highest BCUT2D eigenvalue weighted by Gasteiger charge is 2.04. The fraction of sp³-hybridized carbons (Fsp3) is 0.0833. The summed E-state index contributed by atoms with van der Waals surface area (Å²) in [5.74, 6) is -0.680. The van der Waals surface area contributed by atoms with Crippen molar-refractivity contribution in [2.45, 2.75) is 0 Å². The molecule has 114 valence electrons. The lowest BCUT2D eigenvalue weighted by atomic mass is 10.2. The predicted molar refractivity (Wildman–Crippen MR) is 81.2 cm³/mol. The van der Waals surface area contributed by atoms with Gasteiger partial charge in [0.2, 0.25) is 5.82 Å². The number of anilines is 1. The standard InChI is InChI=1S/C12H11ClN6O3/c13-8-4-2-1-3-7(8)5-15-17-9(20)6-14-10-11(21)16-12(22)19-18-10/h1-5H,6H2,(H,14,18)(H,17,20)(H2,16,19,21,22). The normalized spacial score (nSPS) is 10.6. The van der Waals surface area contributed by atoms with Crippen molar-refractivity contribution in [2.75, 3.05) is 11.9 Å². The van der Waals surface area contributed by atoms with E-state index in [-0.39, 0.29) is 12.4 Å². The number of benzene rings is 1. The van der Waals surface area contributed by atoms with Crippen LogP contribution in [0.3, 0.4) is 0 Å². The Morgan fingerprint density at radius 3 is 2.86 bits per heavy atom. The summed E-state index contributed by atoms with van der Waals surface area (Å²) in [5.41, 5.74) is 1.45. The van der Waals surface area contributed by atoms with E-state index in [1.54, 1.807) is 24.3 Å². The Hall–Kier alpha value is -2.94. The molecule has 0 unspecified atom stereocenters. The molecule has 4 N–H and O–H groups in total. The maximum atomic E-state index is 11.5. The van der Waals surface area contributed by atoms with E-state index in [9.17, 15) is 14.4 Å². The third kappa shape index (κ3) is 4.28. The molecule has 0 aliphatic heterocycles. The predicted octanol–water partition coefficient (Wildman–Crippen LogP) is -0.326. The molecule has 1 amide bonds. The van der Waals surface area contributed by atoms with Crippen LogP contribution in [0.15, 0.2) is 39.0 Å². The molecule has 10 heteroatoms. The summed E-state index contributed by atoms with van der Waals surface area (Å²) in [6.45, 7) is -0.248. The summed E-state index contributed by atoms with van der Waals surface area (Å²) in [6, 6.07) is 6.99. The van der Waals surface area contributed by atoms with Crippen molar-refractivity contribution < 1.29 is 4.79 Å². The Morgan fingerprint density at radius 2 is 2.14 bits per heavy atom. The number of hydrogen-bond donors (Lipinski definition) is 4. The number of aromatic amines is 2. The summed E-state index contributed by atoms with van der Waals surface area (Å²) in [6.07, 6.45) is 1.39. The first kappa shape index (κ1) is 15.4. The van der Waals surface area contributed by atoms with E-state index in [0.717, 1.165) is 0 Å². The Kier molecular flexibility index (Phi) is 5.04. The first-order chi connectivity index (χ1) is 10.6. The number of rotatable bonds is 5. The lowest BCUT2D eigenvalue weighted by molar-refractivity contribution is -0.119. The average molecular weight is 323 g/mol. The van der Waals surface area contributed by atoms with Gasteiger partial charge in [-0.2, -0.15) is 5.10 Å². The number of aromatic nitrogens is 3. The van der Waals surface area contributed by atoms with Crippen LogP contribution < -0.4 is 22.0 Å². The average Bonchev–Trinajstić information content (AvgIpc) is 2.48. The fourth-order valence-electron chi connectivity index (χ4n) is 1.42. The van der Waals surface area contributed by atoms with Gasteiger partial charge in [-0.25, -0.2) is 15.3 Å². The molecule has 1 aromatic heterocycles. The Balaban J connectivity index is 1.87. The second kappa shape index (κ2) is 7.18. The molecule has 1 heterocycles. The number of nitrogens with one attached hydrogen (secondary N) is 4. The molecule has 0 saturated carbocycles. The van der Waals surface area contributed by atoms with Crippen LogP contribution in [0.2, 0.25) is 5.02 Å². The molecule has 0 saturated heterocycles. The number of carbonyl (C=O) groups is 1. The molecule has 0 aliphatic rings. The van der Waals surface area contributed by atoms with Crippen LogP contribution in [0, 0.1) is 0 Å². The van der Waals surface area contributed by atoms with Gasteiger partial charge in [0.1, 0.15) is 0 Å². The quantitative estimate of drug-likeness (QED) is 0.442. The van der Waals surface area contributed by atoms with Gasteiger partial charge in [0.15, 0.2) is 0 Å². The van der Waals surface area contributed by atoms with Gasteiger partial charge in [-0.3, -0.25) is 14.6 Å². The number of hydrazone groups is 1. The molecule has 2 aromatic rings. The Labute approximate surface area is 128 Å². The van der Waals surface area contributed by atoms with Crippen LogP contribution in [0.4, 0.5) is 5.82 Å².